The molecule has 1 aliphatic heterocycles. The van der Waals surface area contributed by atoms with Gasteiger partial charge in [-0.3, -0.25) is 14.4 Å². The molecule has 0 bridgehead atoms. The van der Waals surface area contributed by atoms with E-state index in [1.165, 1.54) is 30.5 Å². The number of hydrogen-bond acceptors (Lipinski definition) is 4. The SMILES string of the molecule is O=[N+]([O-])c1ccccc1S(=O)(=O)N1C=CC=CC1. The summed E-state index contributed by atoms with van der Waals surface area (Å²) in [5.74, 6) is 0. The molecule has 1 aliphatic rings. The fraction of sp³-hybridized carbons (Fsp3) is 0.0909. The Morgan fingerprint density at radius 3 is 2.56 bits per heavy atom. The van der Waals surface area contributed by atoms with Crippen molar-refractivity contribution < 1.29 is 13.3 Å². The van der Waals surface area contributed by atoms with Crippen molar-refractivity contribution in [3.63, 3.8) is 0 Å². The van der Waals surface area contributed by atoms with Gasteiger partial charge in [-0.15, -0.1) is 0 Å². The van der Waals surface area contributed by atoms with E-state index in [9.17, 15) is 18.5 Å². The minimum Gasteiger partial charge on any atom is -0.269 e. The van der Waals surface area contributed by atoms with Crippen molar-refractivity contribution in [2.24, 2.45) is 0 Å². The summed E-state index contributed by atoms with van der Waals surface area (Å²) in [5.41, 5.74) is -0.416. The number of hydrogen-bond donors (Lipinski definition) is 0. The van der Waals surface area contributed by atoms with Crippen molar-refractivity contribution in [2.75, 3.05) is 6.54 Å². The summed E-state index contributed by atoms with van der Waals surface area (Å²) in [6.07, 6.45) is 6.32. The van der Waals surface area contributed by atoms with Gasteiger partial charge in [0.05, 0.1) is 11.5 Å². The first kappa shape index (κ1) is 12.3. The molecule has 0 saturated heterocycles. The van der Waals surface area contributed by atoms with Gasteiger partial charge in [-0.25, -0.2) is 8.42 Å². The molecular formula is C11H10N2O4S. The second-order valence-corrected chi connectivity index (χ2v) is 5.43. The molecule has 0 aliphatic carbocycles. The average molecular weight is 266 g/mol. The molecule has 1 heterocycles. The van der Waals surface area contributed by atoms with Crippen molar-refractivity contribution in [2.45, 2.75) is 4.90 Å². The quantitative estimate of drug-likeness (QED) is 0.615. The topological polar surface area (TPSA) is 80.5 Å². The number of nitrogens with zero attached hydrogens (tertiary/aromatic N) is 2. The molecule has 18 heavy (non-hydrogen) atoms. The van der Waals surface area contributed by atoms with Crippen LogP contribution in [0.15, 0.2) is 53.6 Å². The first-order valence-electron chi connectivity index (χ1n) is 5.12. The van der Waals surface area contributed by atoms with Crippen molar-refractivity contribution >= 4 is 15.7 Å². The van der Waals surface area contributed by atoms with Crippen LogP contribution in [-0.2, 0) is 10.0 Å². The first-order chi connectivity index (χ1) is 8.53. The van der Waals surface area contributed by atoms with Crippen LogP contribution >= 0.6 is 0 Å². The van der Waals surface area contributed by atoms with Gasteiger partial charge in [0.2, 0.25) is 0 Å². The van der Waals surface area contributed by atoms with Crippen LogP contribution < -0.4 is 0 Å². The molecular weight excluding hydrogens is 256 g/mol. The van der Waals surface area contributed by atoms with E-state index >= 15 is 0 Å². The van der Waals surface area contributed by atoms with E-state index in [4.69, 9.17) is 0 Å². The maximum atomic E-state index is 12.2. The number of nitro groups is 1. The predicted octanol–water partition coefficient (Wildman–Crippen LogP) is 1.67. The minimum absolute atomic E-state index is 0.172. The first-order valence-corrected chi connectivity index (χ1v) is 6.56. The van der Waals surface area contributed by atoms with Crippen molar-refractivity contribution in [3.05, 3.63) is 58.8 Å². The average Bonchev–Trinajstić information content (AvgIpc) is 2.39. The Bertz CT molecular complexity index is 634. The summed E-state index contributed by atoms with van der Waals surface area (Å²) < 4.78 is 25.6. The third kappa shape index (κ3) is 2.12. The fourth-order valence-electron chi connectivity index (χ4n) is 1.58. The van der Waals surface area contributed by atoms with Crippen LogP contribution in [0.1, 0.15) is 0 Å². The normalized spacial score (nSPS) is 14.8. The van der Waals surface area contributed by atoms with E-state index in [0.29, 0.717) is 0 Å². The van der Waals surface area contributed by atoms with E-state index in [2.05, 4.69) is 0 Å². The molecule has 94 valence electrons. The summed E-state index contributed by atoms with van der Waals surface area (Å²) in [5, 5.41) is 10.8. The zero-order valence-corrected chi connectivity index (χ0v) is 10.1. The highest BCUT2D eigenvalue weighted by molar-refractivity contribution is 7.89. The van der Waals surface area contributed by atoms with Crippen molar-refractivity contribution in [3.8, 4) is 0 Å². The molecule has 0 spiro atoms. The van der Waals surface area contributed by atoms with E-state index in [1.54, 1.807) is 18.2 Å². The molecule has 7 heteroatoms. The van der Waals surface area contributed by atoms with Gasteiger partial charge in [0.1, 0.15) is 0 Å². The Labute approximate surface area is 104 Å². The standard InChI is InChI=1S/C11H10N2O4S/c14-13(15)10-6-2-3-7-11(10)18(16,17)12-8-4-1-5-9-12/h1-8H,9H2. The highest BCUT2D eigenvalue weighted by atomic mass is 32.2. The second-order valence-electron chi connectivity index (χ2n) is 3.57. The highest BCUT2D eigenvalue weighted by Crippen LogP contribution is 2.26. The maximum absolute atomic E-state index is 12.2. The monoisotopic (exact) mass is 266 g/mol. The van der Waals surface area contributed by atoms with E-state index in [0.717, 1.165) is 4.31 Å². The Morgan fingerprint density at radius 1 is 1.22 bits per heavy atom. The number of nitro benzene ring substituents is 1. The summed E-state index contributed by atoms with van der Waals surface area (Å²) in [7, 11) is -3.88. The summed E-state index contributed by atoms with van der Waals surface area (Å²) in [4.78, 5) is 9.85. The van der Waals surface area contributed by atoms with Gasteiger partial charge in [0.25, 0.3) is 15.7 Å². The number of benzene rings is 1. The minimum atomic E-state index is -3.88. The van der Waals surface area contributed by atoms with E-state index < -0.39 is 20.6 Å². The molecule has 0 amide bonds. The van der Waals surface area contributed by atoms with Gasteiger partial charge in [-0.2, -0.15) is 0 Å². The summed E-state index contributed by atoms with van der Waals surface area (Å²) >= 11 is 0. The van der Waals surface area contributed by atoms with Crippen LogP contribution in [0.25, 0.3) is 0 Å². The molecule has 1 aromatic rings. The Morgan fingerprint density at radius 2 is 1.94 bits per heavy atom. The summed E-state index contributed by atoms with van der Waals surface area (Å²) in [6, 6.07) is 5.31. The van der Waals surface area contributed by atoms with Gasteiger partial charge in [-0.1, -0.05) is 24.3 Å². The zero-order chi connectivity index (χ0) is 13.2. The third-order valence-corrected chi connectivity index (χ3v) is 4.22. The van der Waals surface area contributed by atoms with Gasteiger partial charge in [0, 0.05) is 12.3 Å². The Balaban J connectivity index is 2.51. The smallest absolute Gasteiger partial charge is 0.269 e. The third-order valence-electron chi connectivity index (χ3n) is 2.43. The van der Waals surface area contributed by atoms with Gasteiger partial charge in [-0.05, 0) is 12.1 Å². The lowest BCUT2D eigenvalue weighted by Gasteiger charge is -2.20. The predicted molar refractivity (Wildman–Crippen MR) is 65.3 cm³/mol. The lowest BCUT2D eigenvalue weighted by Crippen LogP contribution is -2.27. The molecule has 0 N–H and O–H groups in total. The Hall–Kier alpha value is -2.15. The molecule has 6 nitrogen and oxygen atoms in total. The van der Waals surface area contributed by atoms with Crippen molar-refractivity contribution in [1.82, 2.24) is 4.31 Å². The number of para-hydroxylation sites is 1. The molecule has 0 fully saturated rings. The lowest BCUT2D eigenvalue weighted by atomic mass is 10.3. The molecule has 0 unspecified atom stereocenters. The summed E-state index contributed by atoms with van der Waals surface area (Å²) in [6.45, 7) is 0.172. The molecule has 0 atom stereocenters. The number of allylic oxidation sites excluding steroid dienone is 2. The van der Waals surface area contributed by atoms with E-state index in [-0.39, 0.29) is 11.4 Å². The van der Waals surface area contributed by atoms with Crippen LogP contribution in [0.5, 0.6) is 0 Å². The molecule has 0 radical (unpaired) electrons. The van der Waals surface area contributed by atoms with Crippen LogP contribution in [0.3, 0.4) is 0 Å². The largest absolute Gasteiger partial charge is 0.289 e. The lowest BCUT2D eigenvalue weighted by molar-refractivity contribution is -0.387. The second kappa shape index (κ2) is 4.61. The number of sulfonamides is 1. The van der Waals surface area contributed by atoms with Crippen LogP contribution in [0.2, 0.25) is 0 Å². The zero-order valence-electron chi connectivity index (χ0n) is 9.26. The van der Waals surface area contributed by atoms with Crippen molar-refractivity contribution in [1.29, 1.82) is 0 Å². The van der Waals surface area contributed by atoms with Gasteiger partial charge in [0.15, 0.2) is 4.90 Å². The number of rotatable bonds is 3. The van der Waals surface area contributed by atoms with E-state index in [1.807, 2.05) is 0 Å². The molecule has 1 aromatic carbocycles. The maximum Gasteiger partial charge on any atom is 0.289 e. The van der Waals surface area contributed by atoms with Crippen LogP contribution in [0.4, 0.5) is 5.69 Å². The van der Waals surface area contributed by atoms with Gasteiger partial charge >= 0.3 is 0 Å². The highest BCUT2D eigenvalue weighted by Gasteiger charge is 2.29. The van der Waals surface area contributed by atoms with Gasteiger partial charge < -0.3 is 0 Å². The fourth-order valence-corrected chi connectivity index (χ4v) is 3.00. The molecule has 2 rings (SSSR count). The molecule has 0 saturated carbocycles. The van der Waals surface area contributed by atoms with Crippen LogP contribution in [-0.4, -0.2) is 24.2 Å². The molecule has 0 aromatic heterocycles. The Kier molecular flexibility index (Phi) is 3.15. The van der Waals surface area contributed by atoms with Crippen LogP contribution in [0, 0.1) is 10.1 Å².